The van der Waals surface area contributed by atoms with Gasteiger partial charge in [0, 0.05) is 19.9 Å². The predicted molar refractivity (Wildman–Crippen MR) is 227 cm³/mol. The maximum atomic E-state index is 5.75. The maximum Gasteiger partial charge on any atom is 0.161 e. The molecule has 0 saturated carbocycles. The summed E-state index contributed by atoms with van der Waals surface area (Å²) in [5.74, 6) is 5.97. The third-order valence-corrected chi connectivity index (χ3v) is 10.0. The normalized spacial score (nSPS) is 15.8. The second kappa shape index (κ2) is 18.6. The van der Waals surface area contributed by atoms with E-state index in [2.05, 4.69) is 126 Å². The van der Waals surface area contributed by atoms with Crippen LogP contribution in [0.15, 0.2) is 91.0 Å². The molecule has 7 heteroatoms. The van der Waals surface area contributed by atoms with Gasteiger partial charge in [-0.15, -0.1) is 0 Å². The van der Waals surface area contributed by atoms with Crippen molar-refractivity contribution in [2.75, 3.05) is 51.5 Å². The lowest BCUT2D eigenvalue weighted by Crippen LogP contribution is -2.28. The van der Waals surface area contributed by atoms with Gasteiger partial charge < -0.3 is 33.3 Å². The van der Waals surface area contributed by atoms with Crippen molar-refractivity contribution in [2.24, 2.45) is 0 Å². The van der Waals surface area contributed by atoms with Gasteiger partial charge >= 0.3 is 0 Å². The third-order valence-electron chi connectivity index (χ3n) is 10.0. The number of nitrogens with zero attached hydrogens (tertiary/aromatic N) is 1. The monoisotopic (exact) mass is 757 g/mol. The predicted octanol–water partition coefficient (Wildman–Crippen LogP) is 10.5. The largest absolute Gasteiger partial charge is 0.493 e. The van der Waals surface area contributed by atoms with Crippen molar-refractivity contribution < 1.29 is 28.4 Å². The molecule has 7 nitrogen and oxygen atoms in total. The highest BCUT2D eigenvalue weighted by Gasteiger charge is 2.29. The van der Waals surface area contributed by atoms with Gasteiger partial charge in [-0.05, 0) is 132 Å². The molecule has 0 bridgehead atoms. The van der Waals surface area contributed by atoms with Crippen LogP contribution in [0.3, 0.4) is 0 Å². The second-order valence-electron chi connectivity index (χ2n) is 15.8. The van der Waals surface area contributed by atoms with E-state index in [-0.39, 0.29) is 5.60 Å². The van der Waals surface area contributed by atoms with Gasteiger partial charge in [0.05, 0.1) is 25.4 Å². The molecular formula is C49H59NO6. The summed E-state index contributed by atoms with van der Waals surface area (Å²) in [7, 11) is 2.09. The highest BCUT2D eigenvalue weighted by atomic mass is 16.6. The summed E-state index contributed by atoms with van der Waals surface area (Å²) < 4.78 is 32.8. The third kappa shape index (κ3) is 11.1. The van der Waals surface area contributed by atoms with Gasteiger partial charge in [0.15, 0.2) is 11.5 Å². The van der Waals surface area contributed by atoms with Crippen LogP contribution in [0.5, 0.6) is 34.5 Å². The van der Waals surface area contributed by atoms with Crippen molar-refractivity contribution in [2.45, 2.75) is 79.8 Å². The van der Waals surface area contributed by atoms with Crippen molar-refractivity contribution in [3.05, 3.63) is 136 Å². The zero-order chi connectivity index (χ0) is 39.7. The van der Waals surface area contributed by atoms with E-state index in [9.17, 15) is 0 Å². The first-order valence-corrected chi connectivity index (χ1v) is 20.0. The average molecular weight is 758 g/mol. The molecule has 5 aliphatic heterocycles. The van der Waals surface area contributed by atoms with E-state index in [4.69, 9.17) is 28.4 Å². The summed E-state index contributed by atoms with van der Waals surface area (Å²) in [5, 5.41) is 0. The first kappa shape index (κ1) is 40.4. The van der Waals surface area contributed by atoms with Crippen molar-refractivity contribution >= 4 is 5.69 Å². The molecule has 5 aromatic rings. The van der Waals surface area contributed by atoms with Gasteiger partial charge in [-0.1, -0.05) is 65.2 Å². The first-order valence-electron chi connectivity index (χ1n) is 20.0. The number of fused-ring (bicyclic) bond motifs is 5. The Labute approximate surface area is 334 Å². The zero-order valence-electron chi connectivity index (χ0n) is 34.6. The molecule has 0 spiro atoms. The van der Waals surface area contributed by atoms with Crippen LogP contribution in [0.1, 0.15) is 64.8 Å². The van der Waals surface area contributed by atoms with Crippen molar-refractivity contribution in [1.82, 2.24) is 0 Å². The molecule has 0 radical (unpaired) electrons. The van der Waals surface area contributed by atoms with E-state index in [1.807, 2.05) is 25.1 Å². The number of rotatable bonds is 0. The van der Waals surface area contributed by atoms with Crippen molar-refractivity contribution in [3.8, 4) is 34.5 Å². The fourth-order valence-electron chi connectivity index (χ4n) is 7.16. The molecule has 0 amide bonds. The lowest BCUT2D eigenvalue weighted by atomic mass is 10.0. The topological polar surface area (TPSA) is 58.6 Å². The molecule has 56 heavy (non-hydrogen) atoms. The van der Waals surface area contributed by atoms with Gasteiger partial charge in [0.1, 0.15) is 48.4 Å². The molecule has 10 rings (SSSR count). The minimum atomic E-state index is -0.00384. The zero-order valence-corrected chi connectivity index (χ0v) is 34.6. The Morgan fingerprint density at radius 1 is 0.446 bits per heavy atom. The molecule has 5 heterocycles. The minimum Gasteiger partial charge on any atom is -0.493 e. The van der Waals surface area contributed by atoms with E-state index in [1.165, 1.54) is 56.6 Å². The van der Waals surface area contributed by atoms with Gasteiger partial charge in [-0.2, -0.15) is 0 Å². The quantitative estimate of drug-likeness (QED) is 0.156. The van der Waals surface area contributed by atoms with Crippen LogP contribution in [0, 0.1) is 34.6 Å². The Morgan fingerprint density at radius 2 is 0.929 bits per heavy atom. The minimum absolute atomic E-state index is 0.00384. The number of anilines is 1. The summed E-state index contributed by atoms with van der Waals surface area (Å²) in [6.45, 7) is 19.6. The Hall–Kier alpha value is -5.30. The standard InChI is InChI=1S/C11H14O.C10H13NO.C10H12O.C9H10O2.C9H10O/c1-8-4-5-10-9(6-8)7-11(2,3)12-10;1-8-3-4-9-10(7-8)12-6-5-11(9)2;1-8-4-5-10-9(7-8)3-2-6-11-10;1-7-2-3-8-9(6-7)11-5-4-10-8;1-7-2-3-9-8(6-7)4-5-10-9/h4-6H,7H2,1-3H3;3-4,7H,5-6H2,1-2H3;4-5,7H,2-3,6H2,1H3;2-3,6H,4-5H2,1H3;2-3,6H,4-5H2,1H3. The Bertz CT molecular complexity index is 2030. The molecule has 0 atom stereocenters. The number of hydrogen-bond donors (Lipinski definition) is 0. The average Bonchev–Trinajstić information content (AvgIpc) is 3.77. The smallest absolute Gasteiger partial charge is 0.161 e. The van der Waals surface area contributed by atoms with Crippen LogP contribution in [0.2, 0.25) is 0 Å². The van der Waals surface area contributed by atoms with Crippen LogP contribution in [-0.4, -0.2) is 52.2 Å². The van der Waals surface area contributed by atoms with Gasteiger partial charge in [-0.25, -0.2) is 0 Å². The van der Waals surface area contributed by atoms with E-state index >= 15 is 0 Å². The molecule has 0 N–H and O–H groups in total. The van der Waals surface area contributed by atoms with Crippen LogP contribution in [0.4, 0.5) is 5.69 Å². The molecule has 5 aliphatic rings. The van der Waals surface area contributed by atoms with Crippen LogP contribution >= 0.6 is 0 Å². The van der Waals surface area contributed by atoms with E-state index in [0.29, 0.717) is 13.2 Å². The lowest BCUT2D eigenvalue weighted by molar-refractivity contribution is 0.138. The van der Waals surface area contributed by atoms with Crippen LogP contribution in [0.25, 0.3) is 0 Å². The molecule has 0 saturated heterocycles. The summed E-state index contributed by atoms with van der Waals surface area (Å²) in [5.41, 5.74) is 11.7. The molecule has 5 aromatic carbocycles. The maximum absolute atomic E-state index is 5.75. The van der Waals surface area contributed by atoms with E-state index in [1.54, 1.807) is 0 Å². The lowest BCUT2D eigenvalue weighted by Gasteiger charge is -2.27. The molecular weight excluding hydrogens is 699 g/mol. The summed E-state index contributed by atoms with van der Waals surface area (Å²) in [4.78, 5) is 2.22. The fraction of sp³-hybridized carbons (Fsp3) is 0.388. The molecule has 0 unspecified atom stereocenters. The molecule has 0 aliphatic carbocycles. The molecule has 0 fully saturated rings. The van der Waals surface area contributed by atoms with E-state index in [0.717, 1.165) is 80.1 Å². The summed E-state index contributed by atoms with van der Waals surface area (Å²) in [6, 6.07) is 31.4. The number of likely N-dealkylation sites (N-methyl/N-ethyl adjacent to an activating group) is 1. The number of benzene rings is 5. The van der Waals surface area contributed by atoms with Crippen LogP contribution in [-0.2, 0) is 19.3 Å². The van der Waals surface area contributed by atoms with Crippen molar-refractivity contribution in [1.29, 1.82) is 0 Å². The SMILES string of the molecule is Cc1ccc2c(c1)CC(C)(C)O2.Cc1ccc2c(c1)CCCO2.Cc1ccc2c(c1)CCO2.Cc1ccc2c(c1)OCCN2C.Cc1ccc2c(c1)OCCO2. The van der Waals surface area contributed by atoms with E-state index < -0.39 is 0 Å². The van der Waals surface area contributed by atoms with Crippen LogP contribution < -0.4 is 33.3 Å². The molecule has 0 aromatic heterocycles. The Balaban J connectivity index is 0.000000119. The van der Waals surface area contributed by atoms with Crippen molar-refractivity contribution in [3.63, 3.8) is 0 Å². The number of ether oxygens (including phenoxy) is 6. The summed E-state index contributed by atoms with van der Waals surface area (Å²) in [6.07, 6.45) is 4.45. The first-order chi connectivity index (χ1) is 26.9. The second-order valence-corrected chi connectivity index (χ2v) is 15.8. The van der Waals surface area contributed by atoms with Gasteiger partial charge in [-0.3, -0.25) is 0 Å². The highest BCUT2D eigenvalue weighted by Crippen LogP contribution is 2.35. The summed E-state index contributed by atoms with van der Waals surface area (Å²) >= 11 is 0. The molecule has 296 valence electrons. The Kier molecular flexibility index (Phi) is 13.4. The van der Waals surface area contributed by atoms with Gasteiger partial charge in [0.25, 0.3) is 0 Å². The van der Waals surface area contributed by atoms with Gasteiger partial charge in [0.2, 0.25) is 0 Å². The fourth-order valence-corrected chi connectivity index (χ4v) is 7.16. The Morgan fingerprint density at radius 3 is 1.61 bits per heavy atom. The number of hydrogen-bond acceptors (Lipinski definition) is 7. The highest BCUT2D eigenvalue weighted by molar-refractivity contribution is 5.60. The number of aryl methyl sites for hydroxylation is 6.